The van der Waals surface area contributed by atoms with Gasteiger partial charge in [0.05, 0.1) is 10.2 Å². The van der Waals surface area contributed by atoms with Crippen molar-refractivity contribution >= 4 is 33.5 Å². The molecule has 5 heteroatoms. The van der Waals surface area contributed by atoms with E-state index in [9.17, 15) is 0 Å². The molecule has 1 heterocycles. The molecule has 0 spiro atoms. The van der Waals surface area contributed by atoms with Gasteiger partial charge in [0.15, 0.2) is 0 Å². The third kappa shape index (κ3) is 2.33. The summed E-state index contributed by atoms with van der Waals surface area (Å²) in [5.74, 6) is 1.23. The molecule has 0 atom stereocenters. The van der Waals surface area contributed by atoms with Crippen LogP contribution in [0.5, 0.6) is 0 Å². The molecule has 0 aromatic carbocycles. The first kappa shape index (κ1) is 12.1. The molecule has 1 aliphatic carbocycles. The molecule has 1 aromatic rings. The van der Waals surface area contributed by atoms with Gasteiger partial charge in [0.25, 0.3) is 0 Å². The predicted molar refractivity (Wildman–Crippen MR) is 70.3 cm³/mol. The lowest BCUT2D eigenvalue weighted by atomic mass is 10.0. The Bertz CT molecular complexity index is 389. The van der Waals surface area contributed by atoms with Crippen LogP contribution < -0.4 is 4.90 Å². The Hall–Kier alpha value is -0.350. The molecule has 88 valence electrons. The van der Waals surface area contributed by atoms with Crippen LogP contribution in [0.25, 0.3) is 0 Å². The molecule has 1 aliphatic rings. The van der Waals surface area contributed by atoms with Crippen LogP contribution in [0.2, 0.25) is 5.15 Å². The maximum Gasteiger partial charge on any atom is 0.226 e. The Balaban J connectivity index is 2.41. The zero-order chi connectivity index (χ0) is 11.7. The highest BCUT2D eigenvalue weighted by atomic mass is 79.9. The second kappa shape index (κ2) is 4.88. The Kier molecular flexibility index (Phi) is 3.70. The first-order chi connectivity index (χ1) is 7.59. The van der Waals surface area contributed by atoms with E-state index in [-0.39, 0.29) is 0 Å². The van der Waals surface area contributed by atoms with Crippen LogP contribution in [0.3, 0.4) is 0 Å². The summed E-state index contributed by atoms with van der Waals surface area (Å²) in [6, 6.07) is 0. The molecule has 1 fully saturated rings. The maximum absolute atomic E-state index is 6.12. The first-order valence-corrected chi connectivity index (χ1v) is 6.67. The normalized spacial score (nSPS) is 16.8. The quantitative estimate of drug-likeness (QED) is 0.782. The van der Waals surface area contributed by atoms with E-state index in [1.807, 2.05) is 19.0 Å². The average molecular weight is 305 g/mol. The van der Waals surface area contributed by atoms with Gasteiger partial charge in [0.1, 0.15) is 5.15 Å². The summed E-state index contributed by atoms with van der Waals surface area (Å²) in [6.07, 6.45) is 4.99. The van der Waals surface area contributed by atoms with Gasteiger partial charge in [0, 0.05) is 20.0 Å². The molecule has 1 aromatic heterocycles. The van der Waals surface area contributed by atoms with E-state index in [0.717, 1.165) is 10.2 Å². The third-order valence-corrected chi connectivity index (χ3v) is 4.25. The minimum absolute atomic E-state index is 0.514. The molecule has 3 nitrogen and oxygen atoms in total. The summed E-state index contributed by atoms with van der Waals surface area (Å²) in [6.45, 7) is 0. The lowest BCUT2D eigenvalue weighted by molar-refractivity contribution is 0.688. The maximum atomic E-state index is 6.12. The van der Waals surface area contributed by atoms with Crippen LogP contribution >= 0.6 is 27.5 Å². The molecule has 0 N–H and O–H groups in total. The Morgan fingerprint density at radius 2 is 1.88 bits per heavy atom. The molecule has 16 heavy (non-hydrogen) atoms. The van der Waals surface area contributed by atoms with E-state index in [0.29, 0.717) is 17.0 Å². The summed E-state index contributed by atoms with van der Waals surface area (Å²) >= 11 is 9.61. The highest BCUT2D eigenvalue weighted by Crippen LogP contribution is 2.39. The summed E-state index contributed by atoms with van der Waals surface area (Å²) in [5.41, 5.74) is 1.07. The number of rotatable bonds is 2. The highest BCUT2D eigenvalue weighted by Gasteiger charge is 2.23. The largest absolute Gasteiger partial charge is 0.347 e. The van der Waals surface area contributed by atoms with Gasteiger partial charge in [-0.2, -0.15) is 4.98 Å². The fraction of sp³-hybridized carbons (Fsp3) is 0.636. The van der Waals surface area contributed by atoms with Crippen LogP contribution in [0.15, 0.2) is 4.47 Å². The average Bonchev–Trinajstić information content (AvgIpc) is 2.74. The smallest absolute Gasteiger partial charge is 0.226 e. The molecule has 0 bridgehead atoms. The Morgan fingerprint density at radius 1 is 1.25 bits per heavy atom. The van der Waals surface area contributed by atoms with E-state index in [4.69, 9.17) is 11.6 Å². The van der Waals surface area contributed by atoms with Gasteiger partial charge in [-0.1, -0.05) is 24.4 Å². The van der Waals surface area contributed by atoms with Gasteiger partial charge >= 0.3 is 0 Å². The molecule has 2 rings (SSSR count). The minimum atomic E-state index is 0.514. The summed E-state index contributed by atoms with van der Waals surface area (Å²) in [4.78, 5) is 10.7. The number of halogens is 2. The van der Waals surface area contributed by atoms with Crippen molar-refractivity contribution in [2.75, 3.05) is 19.0 Å². The van der Waals surface area contributed by atoms with Crippen LogP contribution in [0.1, 0.15) is 37.3 Å². The Morgan fingerprint density at radius 3 is 2.44 bits per heavy atom. The van der Waals surface area contributed by atoms with Crippen molar-refractivity contribution in [1.29, 1.82) is 0 Å². The van der Waals surface area contributed by atoms with Gasteiger partial charge < -0.3 is 4.90 Å². The number of anilines is 1. The van der Waals surface area contributed by atoms with Crippen molar-refractivity contribution in [2.24, 2.45) is 0 Å². The van der Waals surface area contributed by atoms with Crippen molar-refractivity contribution in [3.63, 3.8) is 0 Å². The zero-order valence-electron chi connectivity index (χ0n) is 9.50. The van der Waals surface area contributed by atoms with Crippen molar-refractivity contribution in [3.8, 4) is 0 Å². The van der Waals surface area contributed by atoms with E-state index in [1.165, 1.54) is 25.7 Å². The van der Waals surface area contributed by atoms with E-state index in [1.54, 1.807) is 0 Å². The van der Waals surface area contributed by atoms with Gasteiger partial charge in [-0.05, 0) is 28.8 Å². The van der Waals surface area contributed by atoms with Crippen molar-refractivity contribution in [1.82, 2.24) is 9.97 Å². The van der Waals surface area contributed by atoms with E-state index in [2.05, 4.69) is 25.9 Å². The zero-order valence-corrected chi connectivity index (χ0v) is 11.8. The Labute approximate surface area is 109 Å². The predicted octanol–water partition coefficient (Wildman–Crippen LogP) is 3.62. The summed E-state index contributed by atoms with van der Waals surface area (Å²) < 4.78 is 0.867. The second-order valence-corrected chi connectivity index (χ2v) is 5.54. The monoisotopic (exact) mass is 303 g/mol. The van der Waals surface area contributed by atoms with Gasteiger partial charge in [-0.3, -0.25) is 0 Å². The lowest BCUT2D eigenvalue weighted by Gasteiger charge is -2.16. The van der Waals surface area contributed by atoms with Gasteiger partial charge in [-0.15, -0.1) is 0 Å². The van der Waals surface area contributed by atoms with Crippen molar-refractivity contribution in [2.45, 2.75) is 31.6 Å². The molecule has 0 amide bonds. The molecule has 0 aliphatic heterocycles. The highest BCUT2D eigenvalue weighted by molar-refractivity contribution is 9.10. The van der Waals surface area contributed by atoms with Crippen LogP contribution in [-0.2, 0) is 0 Å². The van der Waals surface area contributed by atoms with Crippen LogP contribution in [-0.4, -0.2) is 24.1 Å². The van der Waals surface area contributed by atoms with Gasteiger partial charge in [0.2, 0.25) is 5.95 Å². The van der Waals surface area contributed by atoms with Crippen LogP contribution in [0.4, 0.5) is 5.95 Å². The van der Waals surface area contributed by atoms with Crippen LogP contribution in [0, 0.1) is 0 Å². The summed E-state index contributed by atoms with van der Waals surface area (Å²) in [7, 11) is 3.86. The standard InChI is InChI=1S/C11H15BrClN3/c1-16(2)11-14-9(7-5-3-4-6-7)8(12)10(13)15-11/h7H,3-6H2,1-2H3. The van der Waals surface area contributed by atoms with E-state index < -0.39 is 0 Å². The fourth-order valence-electron chi connectivity index (χ4n) is 2.09. The number of nitrogens with zero attached hydrogens (tertiary/aromatic N) is 3. The first-order valence-electron chi connectivity index (χ1n) is 5.50. The summed E-state index contributed by atoms with van der Waals surface area (Å²) in [5, 5.41) is 0.514. The lowest BCUT2D eigenvalue weighted by Crippen LogP contribution is -2.15. The molecule has 1 saturated carbocycles. The third-order valence-electron chi connectivity index (χ3n) is 2.97. The molecular formula is C11H15BrClN3. The van der Waals surface area contributed by atoms with E-state index >= 15 is 0 Å². The number of hydrogen-bond donors (Lipinski definition) is 0. The molecule has 0 radical (unpaired) electrons. The molecular weight excluding hydrogens is 289 g/mol. The second-order valence-electron chi connectivity index (χ2n) is 4.39. The SMILES string of the molecule is CN(C)c1nc(Cl)c(Br)c(C2CCCC2)n1. The molecule has 0 saturated heterocycles. The number of hydrogen-bond acceptors (Lipinski definition) is 3. The fourth-order valence-corrected chi connectivity index (χ4v) is 2.77. The number of aromatic nitrogens is 2. The van der Waals surface area contributed by atoms with Gasteiger partial charge in [-0.25, -0.2) is 4.98 Å². The minimum Gasteiger partial charge on any atom is -0.347 e. The van der Waals surface area contributed by atoms with Crippen molar-refractivity contribution in [3.05, 3.63) is 15.3 Å². The molecule has 0 unspecified atom stereocenters. The topological polar surface area (TPSA) is 29.0 Å². The van der Waals surface area contributed by atoms with Crippen molar-refractivity contribution < 1.29 is 0 Å².